The highest BCUT2D eigenvalue weighted by molar-refractivity contribution is 5.76. The number of aryl methyl sites for hydroxylation is 1. The highest BCUT2D eigenvalue weighted by Crippen LogP contribution is 2.25. The molecule has 2 aliphatic rings. The summed E-state index contributed by atoms with van der Waals surface area (Å²) in [4.78, 5) is 18.3. The molecule has 1 amide bonds. The van der Waals surface area contributed by atoms with Gasteiger partial charge in [-0.05, 0) is 49.4 Å². The van der Waals surface area contributed by atoms with Crippen LogP contribution in [0.2, 0.25) is 0 Å². The predicted molar refractivity (Wildman–Crippen MR) is 73.7 cm³/mol. The van der Waals surface area contributed by atoms with E-state index in [2.05, 4.69) is 15.2 Å². The topological polar surface area (TPSA) is 45.2 Å². The molecule has 1 aromatic heterocycles. The highest BCUT2D eigenvalue weighted by atomic mass is 16.2. The molecule has 0 aromatic carbocycles. The van der Waals surface area contributed by atoms with Crippen molar-refractivity contribution in [3.63, 3.8) is 0 Å². The lowest BCUT2D eigenvalue weighted by Crippen LogP contribution is -2.41. The van der Waals surface area contributed by atoms with Gasteiger partial charge in [-0.15, -0.1) is 0 Å². The van der Waals surface area contributed by atoms with Crippen molar-refractivity contribution in [2.24, 2.45) is 5.92 Å². The molecule has 3 heterocycles. The van der Waals surface area contributed by atoms with Crippen LogP contribution in [0.15, 0.2) is 24.5 Å². The molecule has 102 valence electrons. The molecule has 4 heteroatoms. The Bertz CT molecular complexity index is 420. The second kappa shape index (κ2) is 5.70. The molecule has 19 heavy (non-hydrogen) atoms. The summed E-state index contributed by atoms with van der Waals surface area (Å²) in [5.74, 6) is 0.978. The fourth-order valence-corrected chi connectivity index (χ4v) is 3.21. The Kier molecular flexibility index (Phi) is 3.78. The van der Waals surface area contributed by atoms with E-state index in [0.717, 1.165) is 26.1 Å². The van der Waals surface area contributed by atoms with Crippen LogP contribution in [0.1, 0.15) is 24.8 Å². The second-order valence-electron chi connectivity index (χ2n) is 5.62. The molecule has 2 aliphatic heterocycles. The van der Waals surface area contributed by atoms with Gasteiger partial charge in [-0.2, -0.15) is 0 Å². The first-order chi connectivity index (χ1) is 9.33. The molecule has 2 atom stereocenters. The van der Waals surface area contributed by atoms with Crippen molar-refractivity contribution in [2.75, 3.05) is 19.6 Å². The molecule has 4 nitrogen and oxygen atoms in total. The zero-order valence-corrected chi connectivity index (χ0v) is 11.2. The molecule has 0 radical (unpaired) electrons. The number of piperidine rings is 1. The van der Waals surface area contributed by atoms with Gasteiger partial charge in [-0.1, -0.05) is 0 Å². The Labute approximate surface area is 114 Å². The highest BCUT2D eigenvalue weighted by Gasteiger charge is 2.35. The van der Waals surface area contributed by atoms with Crippen LogP contribution in [0.3, 0.4) is 0 Å². The summed E-state index contributed by atoms with van der Waals surface area (Å²) in [5.41, 5.74) is 1.19. The maximum atomic E-state index is 12.2. The third-order valence-corrected chi connectivity index (χ3v) is 4.33. The van der Waals surface area contributed by atoms with Crippen LogP contribution in [0, 0.1) is 5.92 Å². The van der Waals surface area contributed by atoms with Crippen molar-refractivity contribution < 1.29 is 4.79 Å². The van der Waals surface area contributed by atoms with Crippen molar-refractivity contribution >= 4 is 5.91 Å². The quantitative estimate of drug-likeness (QED) is 0.888. The first kappa shape index (κ1) is 12.6. The van der Waals surface area contributed by atoms with Crippen molar-refractivity contribution in [3.05, 3.63) is 30.1 Å². The number of pyridine rings is 1. The van der Waals surface area contributed by atoms with Crippen LogP contribution in [-0.2, 0) is 11.2 Å². The van der Waals surface area contributed by atoms with E-state index in [4.69, 9.17) is 0 Å². The molecule has 1 aromatic rings. The van der Waals surface area contributed by atoms with Crippen LogP contribution in [0.5, 0.6) is 0 Å². The smallest absolute Gasteiger partial charge is 0.222 e. The van der Waals surface area contributed by atoms with Crippen LogP contribution in [-0.4, -0.2) is 41.5 Å². The number of hydrogen-bond acceptors (Lipinski definition) is 3. The van der Waals surface area contributed by atoms with Gasteiger partial charge in [0.25, 0.3) is 0 Å². The number of rotatable bonds is 3. The molecular weight excluding hydrogens is 238 g/mol. The fourth-order valence-electron chi connectivity index (χ4n) is 3.21. The average molecular weight is 259 g/mol. The molecule has 0 aliphatic carbocycles. The zero-order chi connectivity index (χ0) is 13.1. The number of aromatic nitrogens is 1. The van der Waals surface area contributed by atoms with E-state index in [1.165, 1.54) is 18.4 Å². The van der Waals surface area contributed by atoms with Crippen LogP contribution in [0.25, 0.3) is 0 Å². The van der Waals surface area contributed by atoms with Gasteiger partial charge in [0.1, 0.15) is 0 Å². The van der Waals surface area contributed by atoms with Gasteiger partial charge in [0.15, 0.2) is 0 Å². The first-order valence-electron chi connectivity index (χ1n) is 7.23. The third kappa shape index (κ3) is 2.95. The van der Waals surface area contributed by atoms with Gasteiger partial charge < -0.3 is 10.2 Å². The van der Waals surface area contributed by atoms with E-state index in [1.807, 2.05) is 12.1 Å². The van der Waals surface area contributed by atoms with Gasteiger partial charge in [0.05, 0.1) is 0 Å². The summed E-state index contributed by atoms with van der Waals surface area (Å²) in [5, 5.41) is 3.54. The molecule has 2 fully saturated rings. The number of fused-ring (bicyclic) bond motifs is 1. The zero-order valence-electron chi connectivity index (χ0n) is 11.2. The van der Waals surface area contributed by atoms with Gasteiger partial charge in [0, 0.05) is 37.9 Å². The molecule has 0 bridgehead atoms. The largest absolute Gasteiger partial charge is 0.341 e. The van der Waals surface area contributed by atoms with Gasteiger partial charge in [0.2, 0.25) is 5.91 Å². The Balaban J connectivity index is 1.51. The maximum Gasteiger partial charge on any atom is 0.222 e. The number of amides is 1. The van der Waals surface area contributed by atoms with Gasteiger partial charge in [-0.3, -0.25) is 9.78 Å². The molecule has 2 saturated heterocycles. The van der Waals surface area contributed by atoms with Gasteiger partial charge in [-0.25, -0.2) is 0 Å². The normalized spacial score (nSPS) is 26.2. The number of hydrogen-bond donors (Lipinski definition) is 1. The van der Waals surface area contributed by atoms with Crippen LogP contribution < -0.4 is 5.32 Å². The average Bonchev–Trinajstić information content (AvgIpc) is 2.90. The van der Waals surface area contributed by atoms with Crippen molar-refractivity contribution in [2.45, 2.75) is 31.7 Å². The Hall–Kier alpha value is -1.42. The third-order valence-electron chi connectivity index (χ3n) is 4.33. The number of nitrogens with zero attached hydrogens (tertiary/aromatic N) is 2. The second-order valence-corrected chi connectivity index (χ2v) is 5.62. The lowest BCUT2D eigenvalue weighted by atomic mass is 9.94. The maximum absolute atomic E-state index is 12.2. The van der Waals surface area contributed by atoms with Crippen molar-refractivity contribution in [1.29, 1.82) is 0 Å². The molecule has 0 spiro atoms. The van der Waals surface area contributed by atoms with E-state index in [0.29, 0.717) is 24.3 Å². The number of carbonyl (C=O) groups excluding carboxylic acids is 1. The first-order valence-corrected chi connectivity index (χ1v) is 7.23. The lowest BCUT2D eigenvalue weighted by Gasteiger charge is -2.24. The van der Waals surface area contributed by atoms with Crippen LogP contribution in [0.4, 0.5) is 0 Å². The minimum atomic E-state index is 0.299. The van der Waals surface area contributed by atoms with Crippen LogP contribution >= 0.6 is 0 Å². The SMILES string of the molecule is O=C(CCc1ccncc1)N1CC2CCCNC2C1. The predicted octanol–water partition coefficient (Wildman–Crippen LogP) is 1.22. The summed E-state index contributed by atoms with van der Waals surface area (Å²) in [6, 6.07) is 4.51. The Morgan fingerprint density at radius 2 is 2.21 bits per heavy atom. The Morgan fingerprint density at radius 1 is 1.37 bits per heavy atom. The van der Waals surface area contributed by atoms with E-state index >= 15 is 0 Å². The molecule has 2 unspecified atom stereocenters. The number of carbonyl (C=O) groups is 1. The molecule has 1 N–H and O–H groups in total. The molecular formula is C15H21N3O. The monoisotopic (exact) mass is 259 g/mol. The van der Waals surface area contributed by atoms with E-state index in [1.54, 1.807) is 12.4 Å². The lowest BCUT2D eigenvalue weighted by molar-refractivity contribution is -0.130. The standard InChI is InChI=1S/C15H21N3O/c19-15(4-3-12-5-8-16-9-6-12)18-10-13-2-1-7-17-14(13)11-18/h5-6,8-9,13-14,17H,1-4,7,10-11H2. The Morgan fingerprint density at radius 3 is 3.00 bits per heavy atom. The summed E-state index contributed by atoms with van der Waals surface area (Å²) in [6.45, 7) is 2.97. The summed E-state index contributed by atoms with van der Waals surface area (Å²) in [7, 11) is 0. The van der Waals surface area contributed by atoms with Crippen molar-refractivity contribution in [3.8, 4) is 0 Å². The van der Waals surface area contributed by atoms with E-state index in [-0.39, 0.29) is 0 Å². The fraction of sp³-hybridized carbons (Fsp3) is 0.600. The molecule has 3 rings (SSSR count). The minimum absolute atomic E-state index is 0.299. The summed E-state index contributed by atoms with van der Waals surface area (Å²) in [6.07, 6.45) is 7.53. The molecule has 0 saturated carbocycles. The van der Waals surface area contributed by atoms with Gasteiger partial charge >= 0.3 is 0 Å². The minimum Gasteiger partial charge on any atom is -0.341 e. The summed E-state index contributed by atoms with van der Waals surface area (Å²) < 4.78 is 0. The van der Waals surface area contributed by atoms with E-state index in [9.17, 15) is 4.79 Å². The van der Waals surface area contributed by atoms with E-state index < -0.39 is 0 Å². The number of nitrogens with one attached hydrogen (secondary N) is 1. The van der Waals surface area contributed by atoms with Crippen molar-refractivity contribution in [1.82, 2.24) is 15.2 Å². The number of likely N-dealkylation sites (tertiary alicyclic amines) is 1. The summed E-state index contributed by atoms with van der Waals surface area (Å²) >= 11 is 0.